The van der Waals surface area contributed by atoms with Crippen molar-refractivity contribution < 1.29 is 9.29 Å². The minimum absolute atomic E-state index is 0.303. The highest BCUT2D eigenvalue weighted by molar-refractivity contribution is 14.2. The molecule has 0 fully saturated rings. The lowest BCUT2D eigenvalue weighted by Crippen LogP contribution is -1.87. The van der Waals surface area contributed by atoms with E-state index in [1.54, 1.807) is 0 Å². The molecule has 4 heteroatoms. The molecule has 1 N–H and O–H groups in total. The van der Waals surface area contributed by atoms with E-state index < -0.39 is 0 Å². The van der Waals surface area contributed by atoms with Gasteiger partial charge in [0.1, 0.15) is 0 Å². The quantitative estimate of drug-likeness (QED) is 0.452. The van der Waals surface area contributed by atoms with Crippen molar-refractivity contribution in [2.45, 2.75) is 19.3 Å². The van der Waals surface area contributed by atoms with Gasteiger partial charge < -0.3 is 9.29 Å². The molecule has 9 heavy (non-hydrogen) atoms. The van der Waals surface area contributed by atoms with Gasteiger partial charge in [-0.15, -0.1) is 0 Å². The maximum absolute atomic E-state index is 8.38. The van der Waals surface area contributed by atoms with Crippen LogP contribution in [0.2, 0.25) is 0 Å². The first kappa shape index (κ1) is 10.0. The molecule has 0 amide bonds. The number of hydrogen-bond donors (Lipinski definition) is 1. The van der Waals surface area contributed by atoms with Crippen LogP contribution < -0.4 is 0 Å². The summed E-state index contributed by atoms with van der Waals surface area (Å²) in [4.78, 5) is 0. The minimum atomic E-state index is 0.303. The summed E-state index contributed by atoms with van der Waals surface area (Å²) in [5.74, 6) is 0. The molecule has 56 valence electrons. The summed E-state index contributed by atoms with van der Waals surface area (Å²) in [7, 11) is 1.37. The second kappa shape index (κ2) is 9.00. The van der Waals surface area contributed by atoms with Gasteiger partial charge in [0.15, 0.2) is 0 Å². The van der Waals surface area contributed by atoms with Gasteiger partial charge in [-0.05, 0) is 19.3 Å². The lowest BCUT2D eigenvalue weighted by Gasteiger charge is -1.96. The highest BCUT2D eigenvalue weighted by Gasteiger charge is 1.87. The molecular weight excluding hydrogens is 251 g/mol. The first-order valence-electron chi connectivity index (χ1n) is 2.93. The van der Waals surface area contributed by atoms with Gasteiger partial charge >= 0.3 is 0 Å². The lowest BCUT2D eigenvalue weighted by atomic mass is 10.2. The summed E-state index contributed by atoms with van der Waals surface area (Å²) in [6, 6.07) is 0. The number of unbranched alkanes of at least 4 members (excludes halogenated alkanes) is 2. The molecule has 0 spiro atoms. The standard InChI is InChI=1S/C5H11IO2S/c6-9-8-5-3-1-2-4-7/h7H,1-5H2. The first-order chi connectivity index (χ1) is 4.41. The zero-order valence-electron chi connectivity index (χ0n) is 5.18. The predicted molar refractivity (Wildman–Crippen MR) is 48.5 cm³/mol. The van der Waals surface area contributed by atoms with E-state index in [9.17, 15) is 0 Å². The molecule has 2 nitrogen and oxygen atoms in total. The highest BCUT2D eigenvalue weighted by atomic mass is 127. The van der Waals surface area contributed by atoms with Crippen LogP contribution in [0.15, 0.2) is 0 Å². The van der Waals surface area contributed by atoms with E-state index in [2.05, 4.69) is 21.2 Å². The Kier molecular flexibility index (Phi) is 10.0. The van der Waals surface area contributed by atoms with E-state index in [1.165, 1.54) is 9.21 Å². The summed E-state index contributed by atoms with van der Waals surface area (Å²) in [5, 5.41) is 8.38. The van der Waals surface area contributed by atoms with Crippen LogP contribution in [0.3, 0.4) is 0 Å². The Labute approximate surface area is 72.1 Å². The SMILES string of the molecule is OCCCCCOSI. The normalized spacial score (nSPS) is 10.0. The molecule has 0 aromatic carbocycles. The average molecular weight is 262 g/mol. The van der Waals surface area contributed by atoms with Crippen LogP contribution in [0.25, 0.3) is 0 Å². The number of aliphatic hydroxyl groups is 1. The van der Waals surface area contributed by atoms with Crippen LogP contribution in [0.1, 0.15) is 19.3 Å². The first-order valence-corrected chi connectivity index (χ1v) is 6.21. The van der Waals surface area contributed by atoms with Gasteiger partial charge in [0.25, 0.3) is 0 Å². The van der Waals surface area contributed by atoms with E-state index in [-0.39, 0.29) is 0 Å². The van der Waals surface area contributed by atoms with Gasteiger partial charge in [-0.2, -0.15) is 0 Å². The lowest BCUT2D eigenvalue weighted by molar-refractivity contribution is 0.275. The highest BCUT2D eigenvalue weighted by Crippen LogP contribution is 2.12. The summed E-state index contributed by atoms with van der Waals surface area (Å²) in [5.41, 5.74) is 0. The Hall–Kier alpha value is 1.00. The van der Waals surface area contributed by atoms with Crippen molar-refractivity contribution in [1.82, 2.24) is 0 Å². The molecular formula is C5H11IO2S. The second-order valence-corrected chi connectivity index (χ2v) is 3.11. The third-order valence-electron chi connectivity index (χ3n) is 0.930. The summed E-state index contributed by atoms with van der Waals surface area (Å²) >= 11 is 2.09. The summed E-state index contributed by atoms with van der Waals surface area (Å²) < 4.78 is 5.00. The third kappa shape index (κ3) is 9.00. The molecule has 0 saturated carbocycles. The molecule has 0 radical (unpaired) electrons. The number of rotatable bonds is 6. The van der Waals surface area contributed by atoms with Crippen molar-refractivity contribution in [3.05, 3.63) is 0 Å². The van der Waals surface area contributed by atoms with Crippen LogP contribution in [0.5, 0.6) is 0 Å². The fraction of sp³-hybridized carbons (Fsp3) is 1.00. The molecule has 0 atom stereocenters. The molecule has 0 saturated heterocycles. The largest absolute Gasteiger partial charge is 0.396 e. The van der Waals surface area contributed by atoms with Crippen molar-refractivity contribution in [1.29, 1.82) is 0 Å². The molecule has 0 aromatic heterocycles. The van der Waals surface area contributed by atoms with Crippen molar-refractivity contribution in [2.24, 2.45) is 0 Å². The maximum atomic E-state index is 8.38. The fourth-order valence-corrected chi connectivity index (χ4v) is 1.20. The van der Waals surface area contributed by atoms with Crippen LogP contribution in [-0.2, 0) is 4.18 Å². The number of hydrogen-bond acceptors (Lipinski definition) is 3. The van der Waals surface area contributed by atoms with Crippen LogP contribution in [0.4, 0.5) is 0 Å². The molecule has 0 bridgehead atoms. The summed E-state index contributed by atoms with van der Waals surface area (Å²) in [6.07, 6.45) is 3.01. The smallest absolute Gasteiger partial charge is 0.0650 e. The van der Waals surface area contributed by atoms with E-state index >= 15 is 0 Å². The van der Waals surface area contributed by atoms with Crippen molar-refractivity contribution in [2.75, 3.05) is 13.2 Å². The maximum Gasteiger partial charge on any atom is 0.0650 e. The number of aliphatic hydroxyl groups excluding tert-OH is 1. The van der Waals surface area contributed by atoms with E-state index in [4.69, 9.17) is 9.29 Å². The monoisotopic (exact) mass is 262 g/mol. The predicted octanol–water partition coefficient (Wildman–Crippen LogP) is 2.16. The molecule has 0 unspecified atom stereocenters. The second-order valence-electron chi connectivity index (χ2n) is 1.67. The van der Waals surface area contributed by atoms with Crippen LogP contribution in [-0.4, -0.2) is 18.3 Å². The molecule has 0 aliphatic carbocycles. The van der Waals surface area contributed by atoms with Crippen molar-refractivity contribution in [3.8, 4) is 0 Å². The zero-order valence-corrected chi connectivity index (χ0v) is 8.15. The number of halogens is 1. The van der Waals surface area contributed by atoms with Crippen LogP contribution in [0, 0.1) is 0 Å². The van der Waals surface area contributed by atoms with E-state index in [0.29, 0.717) is 6.61 Å². The topological polar surface area (TPSA) is 29.5 Å². The van der Waals surface area contributed by atoms with E-state index in [1.807, 2.05) is 0 Å². The Balaban J connectivity index is 2.60. The molecule has 0 heterocycles. The van der Waals surface area contributed by atoms with Gasteiger partial charge in [-0.1, -0.05) is 0 Å². The summed E-state index contributed by atoms with van der Waals surface area (Å²) in [6.45, 7) is 1.10. The van der Waals surface area contributed by atoms with Crippen LogP contribution >= 0.6 is 30.4 Å². The molecule has 0 aliphatic heterocycles. The Morgan fingerprint density at radius 3 is 2.67 bits per heavy atom. The molecule has 0 rings (SSSR count). The van der Waals surface area contributed by atoms with Crippen molar-refractivity contribution in [3.63, 3.8) is 0 Å². The average Bonchev–Trinajstić information content (AvgIpc) is 1.89. The Morgan fingerprint density at radius 2 is 2.11 bits per heavy atom. The van der Waals surface area contributed by atoms with Gasteiger partial charge in [0.2, 0.25) is 0 Å². The van der Waals surface area contributed by atoms with Gasteiger partial charge in [-0.3, -0.25) is 0 Å². The van der Waals surface area contributed by atoms with Gasteiger partial charge in [0, 0.05) is 27.8 Å². The zero-order chi connectivity index (χ0) is 6.95. The van der Waals surface area contributed by atoms with Gasteiger partial charge in [-0.25, -0.2) is 0 Å². The molecule has 0 aliphatic rings. The molecule has 0 aromatic rings. The Morgan fingerprint density at radius 1 is 1.33 bits per heavy atom. The van der Waals surface area contributed by atoms with Gasteiger partial charge in [0.05, 0.1) is 15.8 Å². The minimum Gasteiger partial charge on any atom is -0.396 e. The van der Waals surface area contributed by atoms with E-state index in [0.717, 1.165) is 25.9 Å². The van der Waals surface area contributed by atoms with Crippen molar-refractivity contribution >= 4 is 30.4 Å². The Bertz CT molecular complexity index is 48.2. The third-order valence-corrected chi connectivity index (χ3v) is 1.95. The fourth-order valence-electron chi connectivity index (χ4n) is 0.481.